The highest BCUT2D eigenvalue weighted by Crippen LogP contribution is 2.41. The Morgan fingerprint density at radius 1 is 0.500 bits per heavy atom. The summed E-state index contributed by atoms with van der Waals surface area (Å²) in [6.07, 6.45) is 4.51. The van der Waals surface area contributed by atoms with Crippen molar-refractivity contribution >= 4 is 21.5 Å². The maximum Gasteiger partial charge on any atom is -0.0122 e. The van der Waals surface area contributed by atoms with Crippen molar-refractivity contribution in [2.45, 2.75) is 25.7 Å². The molecule has 4 aromatic carbocycles. The zero-order chi connectivity index (χ0) is 18.7. The Morgan fingerprint density at radius 3 is 1.07 bits per heavy atom. The van der Waals surface area contributed by atoms with E-state index in [-0.39, 0.29) is 0 Å². The molecule has 0 fully saturated rings. The molecule has 28 heavy (non-hydrogen) atoms. The first-order chi connectivity index (χ1) is 13.7. The van der Waals surface area contributed by atoms with Crippen molar-refractivity contribution in [2.75, 3.05) is 0 Å². The predicted octanol–water partition coefficient (Wildman–Crippen LogP) is 6.68. The van der Waals surface area contributed by atoms with Gasteiger partial charge in [-0.3, -0.25) is 0 Å². The smallest absolute Gasteiger partial charge is 0.0122 e. The van der Waals surface area contributed by atoms with Gasteiger partial charge in [-0.2, -0.15) is 0 Å². The highest BCUT2D eigenvalue weighted by Gasteiger charge is 2.31. The fourth-order valence-corrected chi connectivity index (χ4v) is 5.49. The molecule has 136 valence electrons. The van der Waals surface area contributed by atoms with E-state index < -0.39 is 0 Å². The van der Waals surface area contributed by atoms with Crippen LogP contribution in [0.1, 0.15) is 22.3 Å². The van der Waals surface area contributed by atoms with Crippen molar-refractivity contribution < 1.29 is 0 Å². The number of allylic oxidation sites excluding steroid dienone is 1. The van der Waals surface area contributed by atoms with Crippen LogP contribution in [0.2, 0.25) is 0 Å². The van der Waals surface area contributed by atoms with E-state index in [1.165, 1.54) is 49.4 Å². The standard InChI is InChI=1S/C28H24/c1-18-23-14-25-10-19-6-2-3-7-20(19)11-26(25)15-24(18)17-28-13-22-9-5-4-8-21(22)12-27(28)16-23/h2-13,23-24H,1,14-17H2. The quantitative estimate of drug-likeness (QED) is 0.307. The Bertz CT molecular complexity index is 1060. The van der Waals surface area contributed by atoms with E-state index in [0.717, 1.165) is 25.7 Å². The number of benzene rings is 4. The Kier molecular flexibility index (Phi) is 3.50. The van der Waals surface area contributed by atoms with E-state index in [9.17, 15) is 0 Å². The van der Waals surface area contributed by atoms with Crippen LogP contribution in [0.15, 0.2) is 84.9 Å². The van der Waals surface area contributed by atoms with Gasteiger partial charge in [-0.25, -0.2) is 0 Å². The van der Waals surface area contributed by atoms with Crippen LogP contribution in [0.4, 0.5) is 0 Å². The van der Waals surface area contributed by atoms with Gasteiger partial charge in [-0.1, -0.05) is 84.9 Å². The van der Waals surface area contributed by atoms with Crippen LogP contribution in [0.5, 0.6) is 0 Å². The second-order valence-corrected chi connectivity index (χ2v) is 8.72. The van der Waals surface area contributed by atoms with E-state index in [4.69, 9.17) is 0 Å². The Balaban J connectivity index is 1.48. The third kappa shape index (κ3) is 2.52. The zero-order valence-electron chi connectivity index (χ0n) is 16.1. The Hall–Kier alpha value is -2.86. The van der Waals surface area contributed by atoms with Gasteiger partial charge in [0.25, 0.3) is 0 Å². The normalized spacial score (nSPS) is 21.1. The molecule has 0 spiro atoms. The van der Waals surface area contributed by atoms with Gasteiger partial charge in [0.15, 0.2) is 0 Å². The molecule has 0 nitrogen and oxygen atoms in total. The van der Waals surface area contributed by atoms with E-state index in [2.05, 4.69) is 79.4 Å². The highest BCUT2D eigenvalue weighted by molar-refractivity contribution is 5.85. The molecule has 6 rings (SSSR count). The molecule has 0 heterocycles. The van der Waals surface area contributed by atoms with E-state index in [1.807, 2.05) is 0 Å². The lowest BCUT2D eigenvalue weighted by Crippen LogP contribution is -2.13. The summed E-state index contributed by atoms with van der Waals surface area (Å²) in [5.41, 5.74) is 7.63. The molecule has 0 saturated carbocycles. The lowest BCUT2D eigenvalue weighted by Gasteiger charge is -2.19. The second kappa shape index (κ2) is 6.07. The molecule has 0 amide bonds. The summed E-state index contributed by atoms with van der Waals surface area (Å²) in [5.74, 6) is 1.10. The van der Waals surface area contributed by atoms with Gasteiger partial charge in [0, 0.05) is 0 Å². The summed E-state index contributed by atoms with van der Waals surface area (Å²) in [5, 5.41) is 5.47. The zero-order valence-corrected chi connectivity index (χ0v) is 16.1. The minimum absolute atomic E-state index is 0.551. The van der Waals surface area contributed by atoms with Crippen molar-refractivity contribution in [3.63, 3.8) is 0 Å². The van der Waals surface area contributed by atoms with Gasteiger partial charge in [0.05, 0.1) is 0 Å². The minimum atomic E-state index is 0.551. The van der Waals surface area contributed by atoms with Crippen LogP contribution >= 0.6 is 0 Å². The average molecular weight is 361 g/mol. The van der Waals surface area contributed by atoms with Crippen molar-refractivity contribution in [3.05, 3.63) is 107 Å². The minimum Gasteiger partial charge on any atom is -0.0993 e. The molecular weight excluding hydrogens is 336 g/mol. The summed E-state index contributed by atoms with van der Waals surface area (Å²) in [4.78, 5) is 0. The Morgan fingerprint density at radius 2 is 0.786 bits per heavy atom. The molecule has 0 radical (unpaired) electrons. The monoisotopic (exact) mass is 360 g/mol. The molecule has 0 aromatic heterocycles. The molecule has 2 aliphatic carbocycles. The SMILES string of the molecule is C=C1C2Cc3cc4ccccc4cc3CC1Cc1cc3ccccc3cc1C2. The largest absolute Gasteiger partial charge is 0.0993 e. The molecule has 2 aliphatic rings. The van der Waals surface area contributed by atoms with Crippen molar-refractivity contribution in [2.24, 2.45) is 11.8 Å². The summed E-state index contributed by atoms with van der Waals surface area (Å²) in [6, 6.07) is 27.3. The van der Waals surface area contributed by atoms with E-state index in [0.29, 0.717) is 11.8 Å². The first kappa shape index (κ1) is 16.1. The van der Waals surface area contributed by atoms with Crippen molar-refractivity contribution in [1.29, 1.82) is 0 Å². The van der Waals surface area contributed by atoms with Crippen molar-refractivity contribution in [1.82, 2.24) is 0 Å². The maximum absolute atomic E-state index is 4.62. The van der Waals surface area contributed by atoms with Gasteiger partial charge in [0.2, 0.25) is 0 Å². The van der Waals surface area contributed by atoms with Crippen LogP contribution in [-0.2, 0) is 25.7 Å². The van der Waals surface area contributed by atoms with Gasteiger partial charge >= 0.3 is 0 Å². The number of rotatable bonds is 0. The van der Waals surface area contributed by atoms with Crippen LogP contribution in [0, 0.1) is 11.8 Å². The molecule has 0 atom stereocenters. The van der Waals surface area contributed by atoms with Crippen molar-refractivity contribution in [3.8, 4) is 0 Å². The summed E-state index contributed by atoms with van der Waals surface area (Å²) in [7, 11) is 0. The molecule has 2 bridgehead atoms. The number of hydrogen-bond acceptors (Lipinski definition) is 0. The third-order valence-electron chi connectivity index (χ3n) is 7.05. The van der Waals surface area contributed by atoms with Crippen LogP contribution in [0.3, 0.4) is 0 Å². The molecule has 0 N–H and O–H groups in total. The van der Waals surface area contributed by atoms with Gasteiger partial charge in [-0.05, 0) is 81.3 Å². The average Bonchev–Trinajstić information content (AvgIpc) is 2.91. The lowest BCUT2D eigenvalue weighted by atomic mass is 9.85. The van der Waals surface area contributed by atoms with E-state index in [1.54, 1.807) is 0 Å². The molecule has 0 aliphatic heterocycles. The van der Waals surface area contributed by atoms with Crippen LogP contribution in [0.25, 0.3) is 21.5 Å². The van der Waals surface area contributed by atoms with Gasteiger partial charge in [-0.15, -0.1) is 0 Å². The lowest BCUT2D eigenvalue weighted by molar-refractivity contribution is 0.531. The second-order valence-electron chi connectivity index (χ2n) is 8.72. The fourth-order valence-electron chi connectivity index (χ4n) is 5.49. The molecular formula is C28H24. The number of hydrogen-bond donors (Lipinski definition) is 0. The maximum atomic E-state index is 4.62. The topological polar surface area (TPSA) is 0 Å². The summed E-state index contributed by atoms with van der Waals surface area (Å²) >= 11 is 0. The van der Waals surface area contributed by atoms with E-state index >= 15 is 0 Å². The Labute approximate surface area is 166 Å². The predicted molar refractivity (Wildman–Crippen MR) is 119 cm³/mol. The highest BCUT2D eigenvalue weighted by atomic mass is 14.4. The molecule has 0 unspecified atom stereocenters. The van der Waals surface area contributed by atoms with Crippen LogP contribution < -0.4 is 0 Å². The first-order valence-electron chi connectivity index (χ1n) is 10.4. The summed E-state index contributed by atoms with van der Waals surface area (Å²) in [6.45, 7) is 4.62. The number of fused-ring (bicyclic) bond motifs is 6. The van der Waals surface area contributed by atoms with Gasteiger partial charge in [0.1, 0.15) is 0 Å². The molecule has 4 aromatic rings. The molecule has 0 saturated heterocycles. The molecule has 0 heteroatoms. The van der Waals surface area contributed by atoms with Gasteiger partial charge < -0.3 is 0 Å². The fraction of sp³-hybridized carbons (Fsp3) is 0.214. The van der Waals surface area contributed by atoms with Crippen LogP contribution in [-0.4, -0.2) is 0 Å². The third-order valence-corrected chi connectivity index (χ3v) is 7.05. The first-order valence-corrected chi connectivity index (χ1v) is 10.4. The summed E-state index contributed by atoms with van der Waals surface area (Å²) < 4.78 is 0.